The van der Waals surface area contributed by atoms with Crippen molar-refractivity contribution in [3.05, 3.63) is 71.0 Å². The Morgan fingerprint density at radius 3 is 2.09 bits per heavy atom. The predicted molar refractivity (Wildman–Crippen MR) is 90.8 cm³/mol. The fourth-order valence-electron chi connectivity index (χ4n) is 3.77. The van der Waals surface area contributed by atoms with Gasteiger partial charge in [0.25, 0.3) is 0 Å². The minimum absolute atomic E-state index is 0.105. The summed E-state index contributed by atoms with van der Waals surface area (Å²) in [6.07, 6.45) is 7.16. The van der Waals surface area contributed by atoms with Gasteiger partial charge in [0, 0.05) is 0 Å². The van der Waals surface area contributed by atoms with Gasteiger partial charge in [0.2, 0.25) is 0 Å². The molecule has 0 bridgehead atoms. The van der Waals surface area contributed by atoms with Gasteiger partial charge in [0.1, 0.15) is 5.82 Å². The molecule has 0 radical (unpaired) electrons. The Labute approximate surface area is 133 Å². The fourth-order valence-corrected chi connectivity index (χ4v) is 3.77. The standard InChI is InChI=1S/C21H25F/c1-2-4-16-7-9-17(10-8-16)18-11-13-19(14-12-18)20-5-3-6-21(22)15-20/h3,5-10,15,18-19H,2,4,11-14H2,1H3. The minimum Gasteiger partial charge on any atom is -0.207 e. The smallest absolute Gasteiger partial charge is 0.123 e. The van der Waals surface area contributed by atoms with Gasteiger partial charge in [0.05, 0.1) is 0 Å². The second-order valence-electron chi connectivity index (χ2n) is 6.60. The highest BCUT2D eigenvalue weighted by Gasteiger charge is 2.23. The van der Waals surface area contributed by atoms with Gasteiger partial charge >= 0.3 is 0 Å². The summed E-state index contributed by atoms with van der Waals surface area (Å²) < 4.78 is 13.4. The van der Waals surface area contributed by atoms with E-state index < -0.39 is 0 Å². The fraction of sp³-hybridized carbons (Fsp3) is 0.429. The highest BCUT2D eigenvalue weighted by Crippen LogP contribution is 2.40. The molecule has 0 aliphatic heterocycles. The Kier molecular flexibility index (Phi) is 4.92. The molecule has 0 amide bonds. The van der Waals surface area contributed by atoms with Gasteiger partial charge in [-0.15, -0.1) is 0 Å². The molecule has 0 unspecified atom stereocenters. The van der Waals surface area contributed by atoms with Crippen molar-refractivity contribution in [2.45, 2.75) is 57.3 Å². The molecule has 0 heterocycles. The first kappa shape index (κ1) is 15.3. The molecule has 0 aromatic heterocycles. The van der Waals surface area contributed by atoms with Crippen LogP contribution in [0.15, 0.2) is 48.5 Å². The molecule has 2 aromatic carbocycles. The number of hydrogen-bond donors (Lipinski definition) is 0. The number of benzene rings is 2. The number of halogens is 1. The van der Waals surface area contributed by atoms with Crippen molar-refractivity contribution in [1.82, 2.24) is 0 Å². The van der Waals surface area contributed by atoms with Crippen molar-refractivity contribution in [3.63, 3.8) is 0 Å². The summed E-state index contributed by atoms with van der Waals surface area (Å²) >= 11 is 0. The maximum Gasteiger partial charge on any atom is 0.123 e. The van der Waals surface area contributed by atoms with Crippen molar-refractivity contribution in [3.8, 4) is 0 Å². The number of aryl methyl sites for hydroxylation is 1. The normalized spacial score (nSPS) is 21.7. The van der Waals surface area contributed by atoms with E-state index >= 15 is 0 Å². The molecule has 1 heteroatoms. The number of hydrogen-bond acceptors (Lipinski definition) is 0. The molecule has 0 spiro atoms. The summed E-state index contributed by atoms with van der Waals surface area (Å²) in [5.41, 5.74) is 4.11. The van der Waals surface area contributed by atoms with E-state index in [0.29, 0.717) is 11.8 Å². The third kappa shape index (κ3) is 3.58. The van der Waals surface area contributed by atoms with Crippen molar-refractivity contribution < 1.29 is 4.39 Å². The Hall–Kier alpha value is -1.63. The second kappa shape index (κ2) is 7.09. The highest BCUT2D eigenvalue weighted by atomic mass is 19.1. The molecule has 0 nitrogen and oxygen atoms in total. The third-order valence-electron chi connectivity index (χ3n) is 5.04. The average Bonchev–Trinajstić information content (AvgIpc) is 2.56. The lowest BCUT2D eigenvalue weighted by Crippen LogP contribution is -2.12. The first-order valence-electron chi connectivity index (χ1n) is 8.60. The Morgan fingerprint density at radius 2 is 1.50 bits per heavy atom. The maximum atomic E-state index is 13.4. The lowest BCUT2D eigenvalue weighted by molar-refractivity contribution is 0.395. The Balaban J connectivity index is 1.61. The van der Waals surface area contributed by atoms with Gasteiger partial charge in [0.15, 0.2) is 0 Å². The van der Waals surface area contributed by atoms with Gasteiger partial charge in [-0.3, -0.25) is 0 Å². The van der Waals surface area contributed by atoms with Gasteiger partial charge in [-0.25, -0.2) is 4.39 Å². The molecule has 1 saturated carbocycles. The van der Waals surface area contributed by atoms with Crippen molar-refractivity contribution in [2.75, 3.05) is 0 Å². The van der Waals surface area contributed by atoms with Crippen LogP contribution in [0.1, 0.15) is 67.6 Å². The van der Waals surface area contributed by atoms with Crippen LogP contribution in [-0.4, -0.2) is 0 Å². The first-order chi connectivity index (χ1) is 10.8. The van der Waals surface area contributed by atoms with E-state index in [2.05, 4.69) is 37.3 Å². The SMILES string of the molecule is CCCc1ccc(C2CCC(c3cccc(F)c3)CC2)cc1. The van der Waals surface area contributed by atoms with Crippen LogP contribution in [0.4, 0.5) is 4.39 Å². The molecule has 0 atom stereocenters. The zero-order chi connectivity index (χ0) is 15.4. The molecule has 0 N–H and O–H groups in total. The monoisotopic (exact) mass is 296 g/mol. The van der Waals surface area contributed by atoms with Gasteiger partial charge in [-0.2, -0.15) is 0 Å². The van der Waals surface area contributed by atoms with Crippen LogP contribution in [-0.2, 0) is 6.42 Å². The lowest BCUT2D eigenvalue weighted by Gasteiger charge is -2.29. The summed E-state index contributed by atoms with van der Waals surface area (Å²) in [5, 5.41) is 0. The van der Waals surface area contributed by atoms with E-state index in [0.717, 1.165) is 0 Å². The largest absolute Gasteiger partial charge is 0.207 e. The van der Waals surface area contributed by atoms with E-state index in [9.17, 15) is 4.39 Å². The van der Waals surface area contributed by atoms with Crippen molar-refractivity contribution in [1.29, 1.82) is 0 Å². The first-order valence-corrected chi connectivity index (χ1v) is 8.60. The van der Waals surface area contributed by atoms with E-state index in [1.165, 1.54) is 61.3 Å². The van der Waals surface area contributed by atoms with Crippen molar-refractivity contribution >= 4 is 0 Å². The topological polar surface area (TPSA) is 0 Å². The molecule has 1 aliphatic carbocycles. The molecule has 2 aromatic rings. The minimum atomic E-state index is -0.105. The zero-order valence-corrected chi connectivity index (χ0v) is 13.4. The van der Waals surface area contributed by atoms with E-state index in [1.807, 2.05) is 6.07 Å². The van der Waals surface area contributed by atoms with Crippen LogP contribution in [0, 0.1) is 5.82 Å². The average molecular weight is 296 g/mol. The summed E-state index contributed by atoms with van der Waals surface area (Å²) in [5.74, 6) is 1.11. The molecular weight excluding hydrogens is 271 g/mol. The summed E-state index contributed by atoms with van der Waals surface area (Å²) in [4.78, 5) is 0. The van der Waals surface area contributed by atoms with Crippen LogP contribution in [0.3, 0.4) is 0 Å². The van der Waals surface area contributed by atoms with Crippen LogP contribution < -0.4 is 0 Å². The van der Waals surface area contributed by atoms with Gasteiger partial charge in [-0.05, 0) is 72.8 Å². The number of rotatable bonds is 4. The Bertz CT molecular complexity index is 592. The zero-order valence-electron chi connectivity index (χ0n) is 13.4. The third-order valence-corrected chi connectivity index (χ3v) is 5.04. The van der Waals surface area contributed by atoms with Crippen LogP contribution in [0.5, 0.6) is 0 Å². The van der Waals surface area contributed by atoms with E-state index in [-0.39, 0.29) is 5.82 Å². The van der Waals surface area contributed by atoms with Crippen LogP contribution in [0.25, 0.3) is 0 Å². The predicted octanol–water partition coefficient (Wildman–Crippen LogP) is 6.22. The molecule has 1 fully saturated rings. The van der Waals surface area contributed by atoms with Crippen LogP contribution in [0.2, 0.25) is 0 Å². The summed E-state index contributed by atoms with van der Waals surface area (Å²) in [7, 11) is 0. The quantitative estimate of drug-likeness (QED) is 0.628. The molecule has 0 saturated heterocycles. The Morgan fingerprint density at radius 1 is 0.864 bits per heavy atom. The lowest BCUT2D eigenvalue weighted by atomic mass is 9.76. The summed E-state index contributed by atoms with van der Waals surface area (Å²) in [6, 6.07) is 16.4. The molecule has 116 valence electrons. The van der Waals surface area contributed by atoms with Gasteiger partial charge in [-0.1, -0.05) is 49.7 Å². The van der Waals surface area contributed by atoms with E-state index in [4.69, 9.17) is 0 Å². The summed E-state index contributed by atoms with van der Waals surface area (Å²) in [6.45, 7) is 2.22. The maximum absolute atomic E-state index is 13.4. The molecule has 3 rings (SSSR count). The molecule has 22 heavy (non-hydrogen) atoms. The molecule has 1 aliphatic rings. The molecular formula is C21H25F. The van der Waals surface area contributed by atoms with Crippen LogP contribution >= 0.6 is 0 Å². The second-order valence-corrected chi connectivity index (χ2v) is 6.60. The van der Waals surface area contributed by atoms with E-state index in [1.54, 1.807) is 6.07 Å². The van der Waals surface area contributed by atoms with Gasteiger partial charge < -0.3 is 0 Å². The highest BCUT2D eigenvalue weighted by molar-refractivity contribution is 5.27. The van der Waals surface area contributed by atoms with Crippen molar-refractivity contribution in [2.24, 2.45) is 0 Å².